The van der Waals surface area contributed by atoms with Crippen LogP contribution in [0.25, 0.3) is 28.3 Å². The second kappa shape index (κ2) is 9.98. The van der Waals surface area contributed by atoms with E-state index in [0.717, 1.165) is 30.8 Å². The largest absolute Gasteiger partial charge is 0.368 e. The van der Waals surface area contributed by atoms with Gasteiger partial charge in [-0.05, 0) is 61.6 Å². The Balaban J connectivity index is 1.17. The maximum Gasteiger partial charge on any atom is 0.273 e. The first-order valence-corrected chi connectivity index (χ1v) is 14.9. The summed E-state index contributed by atoms with van der Waals surface area (Å²) in [6.07, 6.45) is 4.74. The molecule has 0 saturated carbocycles. The van der Waals surface area contributed by atoms with Crippen LogP contribution in [0.4, 0.5) is 10.1 Å². The van der Waals surface area contributed by atoms with Crippen molar-refractivity contribution in [3.8, 4) is 22.6 Å². The Hall–Kier alpha value is -4.64. The molecule has 10 nitrogen and oxygen atoms in total. The van der Waals surface area contributed by atoms with Gasteiger partial charge < -0.3 is 15.1 Å². The summed E-state index contributed by atoms with van der Waals surface area (Å²) in [5, 5.41) is 17.1. The summed E-state index contributed by atoms with van der Waals surface area (Å²) < 4.78 is 17.3. The number of anilines is 1. The van der Waals surface area contributed by atoms with Gasteiger partial charge in [0.05, 0.1) is 23.6 Å². The Morgan fingerprint density at radius 2 is 1.81 bits per heavy atom. The molecule has 2 unspecified atom stereocenters. The van der Waals surface area contributed by atoms with Gasteiger partial charge in [-0.3, -0.25) is 4.79 Å². The van der Waals surface area contributed by atoms with Gasteiger partial charge in [0.1, 0.15) is 17.2 Å². The van der Waals surface area contributed by atoms with Gasteiger partial charge >= 0.3 is 0 Å². The van der Waals surface area contributed by atoms with Gasteiger partial charge in [-0.2, -0.15) is 20.1 Å². The third-order valence-corrected chi connectivity index (χ3v) is 9.17. The van der Waals surface area contributed by atoms with Crippen LogP contribution in [0.5, 0.6) is 0 Å². The van der Waals surface area contributed by atoms with E-state index in [9.17, 15) is 4.79 Å². The molecule has 11 heteroatoms. The fraction of sp³-hybridized carbons (Fsp3) is 0.344. The molecule has 0 aliphatic carbocycles. The van der Waals surface area contributed by atoms with Crippen molar-refractivity contribution in [3.63, 3.8) is 0 Å². The number of nitrogens with one attached hydrogen (secondary N) is 1. The number of aryl methyl sites for hydroxylation is 1. The number of rotatable bonds is 4. The average molecular weight is 578 g/mol. The number of fused-ring (bicyclic) bond motifs is 4. The van der Waals surface area contributed by atoms with Crippen LogP contribution in [0.3, 0.4) is 0 Å². The minimum Gasteiger partial charge on any atom is -0.368 e. The van der Waals surface area contributed by atoms with Crippen LogP contribution in [0.1, 0.15) is 47.4 Å². The summed E-state index contributed by atoms with van der Waals surface area (Å²) in [7, 11) is 1.73. The Labute approximate surface area is 248 Å². The zero-order chi connectivity index (χ0) is 29.2. The van der Waals surface area contributed by atoms with Gasteiger partial charge in [0, 0.05) is 56.1 Å². The molecule has 1 amide bonds. The zero-order valence-electron chi connectivity index (χ0n) is 24.1. The van der Waals surface area contributed by atoms with Crippen molar-refractivity contribution in [1.29, 1.82) is 0 Å². The normalized spacial score (nSPS) is 21.4. The maximum atomic E-state index is 15.7. The quantitative estimate of drug-likeness (QED) is 0.345. The Morgan fingerprint density at radius 1 is 1.00 bits per heavy atom. The smallest absolute Gasteiger partial charge is 0.273 e. The first-order valence-electron chi connectivity index (χ1n) is 14.9. The lowest BCUT2D eigenvalue weighted by molar-refractivity contribution is 0.0672. The highest BCUT2D eigenvalue weighted by Crippen LogP contribution is 2.33. The van der Waals surface area contributed by atoms with Crippen LogP contribution in [0.2, 0.25) is 0 Å². The second-order valence-electron chi connectivity index (χ2n) is 11.9. The lowest BCUT2D eigenvalue weighted by Gasteiger charge is -2.35. The van der Waals surface area contributed by atoms with Gasteiger partial charge in [-0.25, -0.2) is 13.9 Å². The van der Waals surface area contributed by atoms with E-state index in [4.69, 9.17) is 10.1 Å². The van der Waals surface area contributed by atoms with E-state index in [-0.39, 0.29) is 23.5 Å². The van der Waals surface area contributed by atoms with E-state index in [0.29, 0.717) is 46.9 Å². The van der Waals surface area contributed by atoms with Gasteiger partial charge in [-0.1, -0.05) is 24.3 Å². The third kappa shape index (κ3) is 4.46. The number of hydrogen-bond acceptors (Lipinski definition) is 7. The number of nitrogens with zero attached hydrogens (tertiary/aromatic N) is 8. The van der Waals surface area contributed by atoms with Gasteiger partial charge in [0.25, 0.3) is 5.91 Å². The van der Waals surface area contributed by atoms with Gasteiger partial charge in [0.15, 0.2) is 5.65 Å². The lowest BCUT2D eigenvalue weighted by atomic mass is 9.93. The SMILES string of the molecule is C[C@@H]1c2ccccc2CCN1C(=O)c1cc(-c2cnn(C)n2)n2nc(-c3ccc(N4CC5CCC(C4)N5)cc3F)cc2n1. The van der Waals surface area contributed by atoms with Crippen LogP contribution in [-0.2, 0) is 13.5 Å². The highest BCUT2D eigenvalue weighted by molar-refractivity contribution is 5.94. The first kappa shape index (κ1) is 26.0. The molecule has 3 aliphatic heterocycles. The lowest BCUT2D eigenvalue weighted by Crippen LogP contribution is -2.51. The minimum absolute atomic E-state index is 0.0885. The summed E-state index contributed by atoms with van der Waals surface area (Å²) in [6.45, 7) is 4.41. The number of hydrogen-bond donors (Lipinski definition) is 1. The van der Waals surface area contributed by atoms with Crippen molar-refractivity contribution < 1.29 is 9.18 Å². The number of benzene rings is 2. The molecular formula is C32H32FN9O. The summed E-state index contributed by atoms with van der Waals surface area (Å²) in [6, 6.07) is 17.9. The van der Waals surface area contributed by atoms with Crippen molar-refractivity contribution in [2.24, 2.45) is 7.05 Å². The number of aromatic nitrogens is 6. The minimum atomic E-state index is -0.343. The summed E-state index contributed by atoms with van der Waals surface area (Å²) >= 11 is 0. The molecule has 2 fully saturated rings. The molecule has 43 heavy (non-hydrogen) atoms. The zero-order valence-corrected chi connectivity index (χ0v) is 24.1. The van der Waals surface area contributed by atoms with Crippen molar-refractivity contribution >= 4 is 17.2 Å². The third-order valence-electron chi connectivity index (χ3n) is 9.17. The molecule has 3 aromatic heterocycles. The monoisotopic (exact) mass is 577 g/mol. The van der Waals surface area contributed by atoms with Gasteiger partial charge in [0.2, 0.25) is 0 Å². The molecule has 8 rings (SSSR count). The predicted molar refractivity (Wildman–Crippen MR) is 160 cm³/mol. The summed E-state index contributed by atoms with van der Waals surface area (Å²) in [5.74, 6) is -0.511. The Morgan fingerprint density at radius 3 is 2.58 bits per heavy atom. The van der Waals surface area contributed by atoms with E-state index in [2.05, 4.69) is 32.5 Å². The molecule has 3 atom stereocenters. The number of halogens is 1. The highest BCUT2D eigenvalue weighted by Gasteiger charge is 2.33. The van der Waals surface area contributed by atoms with Crippen LogP contribution >= 0.6 is 0 Å². The van der Waals surface area contributed by atoms with E-state index in [1.807, 2.05) is 30.0 Å². The van der Waals surface area contributed by atoms with Crippen molar-refractivity contribution in [2.75, 3.05) is 24.5 Å². The molecule has 218 valence electrons. The summed E-state index contributed by atoms with van der Waals surface area (Å²) in [4.78, 5) is 24.3. The molecule has 1 N–H and O–H groups in total. The topological polar surface area (TPSA) is 96.5 Å². The van der Waals surface area contributed by atoms with Crippen LogP contribution in [0, 0.1) is 5.82 Å². The van der Waals surface area contributed by atoms with E-state index < -0.39 is 0 Å². The molecule has 3 aliphatic rings. The Kier molecular flexibility index (Phi) is 6.04. The molecule has 2 bridgehead atoms. The summed E-state index contributed by atoms with van der Waals surface area (Å²) in [5.41, 5.74) is 5.94. The van der Waals surface area contributed by atoms with Crippen molar-refractivity contribution in [3.05, 3.63) is 83.4 Å². The molecule has 2 saturated heterocycles. The van der Waals surface area contributed by atoms with E-state index in [1.165, 1.54) is 23.2 Å². The predicted octanol–water partition coefficient (Wildman–Crippen LogP) is 4.03. The number of piperazine rings is 1. The number of carbonyl (C=O) groups excluding carboxylic acids is 1. The van der Waals surface area contributed by atoms with Gasteiger partial charge in [-0.15, -0.1) is 0 Å². The van der Waals surface area contributed by atoms with E-state index >= 15 is 4.39 Å². The molecule has 0 spiro atoms. The van der Waals surface area contributed by atoms with Crippen molar-refractivity contribution in [1.82, 2.24) is 39.8 Å². The Bertz CT molecular complexity index is 1870. The number of carbonyl (C=O) groups is 1. The standard InChI is InChI=1S/C32H32FN9O/c1-19-24-6-4-3-5-20(24)11-12-41(19)32(43)28-14-30(29-16-34-39(2)37-29)42-31(36-28)15-27(38-42)25-10-9-23(13-26(25)33)40-17-21-7-8-22(18-40)35-21/h3-6,9-10,13-16,19,21-22,35H,7-8,11-12,17-18H2,1-2H3/t19-,21?,22?/m1/s1. The molecular weight excluding hydrogens is 545 g/mol. The van der Waals surface area contributed by atoms with Crippen LogP contribution in [-0.4, -0.2) is 72.1 Å². The van der Waals surface area contributed by atoms with Crippen LogP contribution in [0.15, 0.2) is 60.8 Å². The van der Waals surface area contributed by atoms with Crippen LogP contribution < -0.4 is 10.2 Å². The fourth-order valence-corrected chi connectivity index (χ4v) is 6.97. The average Bonchev–Trinajstić information content (AvgIpc) is 3.74. The first-order chi connectivity index (χ1) is 20.9. The number of amides is 1. The van der Waals surface area contributed by atoms with E-state index in [1.54, 1.807) is 42.0 Å². The van der Waals surface area contributed by atoms with Crippen molar-refractivity contribution in [2.45, 2.75) is 44.3 Å². The second-order valence-corrected chi connectivity index (χ2v) is 11.9. The maximum absolute atomic E-state index is 15.7. The fourth-order valence-electron chi connectivity index (χ4n) is 6.97. The highest BCUT2D eigenvalue weighted by atomic mass is 19.1. The molecule has 5 aromatic rings. The molecule has 0 radical (unpaired) electrons. The molecule has 2 aromatic carbocycles. The molecule has 6 heterocycles.